The van der Waals surface area contributed by atoms with E-state index in [2.05, 4.69) is 0 Å². The summed E-state index contributed by atoms with van der Waals surface area (Å²) in [7, 11) is 1.22. The molecule has 2 aliphatic rings. The van der Waals surface area contributed by atoms with Crippen LogP contribution in [0.4, 0.5) is 0 Å². The van der Waals surface area contributed by atoms with Gasteiger partial charge in [-0.15, -0.1) is 0 Å². The van der Waals surface area contributed by atoms with E-state index in [1.54, 1.807) is 0 Å². The van der Waals surface area contributed by atoms with Crippen LogP contribution in [-0.2, 0) is 21.0 Å². The Labute approximate surface area is 133 Å². The highest BCUT2D eigenvalue weighted by Gasteiger charge is 2.62. The summed E-state index contributed by atoms with van der Waals surface area (Å²) >= 11 is 0. The van der Waals surface area contributed by atoms with E-state index in [1.807, 2.05) is 30.3 Å². The fraction of sp³-hybridized carbons (Fsp3) is 0.438. The van der Waals surface area contributed by atoms with Crippen LogP contribution in [0.1, 0.15) is 12.0 Å². The van der Waals surface area contributed by atoms with Gasteiger partial charge in [-0.1, -0.05) is 36.4 Å². The van der Waals surface area contributed by atoms with Crippen molar-refractivity contribution in [2.45, 2.75) is 36.6 Å². The molecule has 0 bridgehead atoms. The van der Waals surface area contributed by atoms with Gasteiger partial charge in [-0.25, -0.2) is 5.06 Å². The number of aliphatic hydroxyl groups is 3. The minimum atomic E-state index is -1.99. The second kappa shape index (κ2) is 5.70. The van der Waals surface area contributed by atoms with Crippen molar-refractivity contribution in [3.05, 3.63) is 48.0 Å². The standard InChI is InChI=1S/C16H19NO6/c1-22-16(21)8-7-15(13(19)14(16)20)9-12(18)17(15)23-10-11-5-3-2-4-6-11/h2-8,13-14,19-21H,9-10H2,1H3/t13-,14+,15+,16+/m1/s1. The Morgan fingerprint density at radius 2 is 1.91 bits per heavy atom. The van der Waals surface area contributed by atoms with Gasteiger partial charge in [0, 0.05) is 7.11 Å². The third-order valence-corrected chi connectivity index (χ3v) is 4.41. The summed E-state index contributed by atoms with van der Waals surface area (Å²) < 4.78 is 4.83. The monoisotopic (exact) mass is 321 g/mol. The number of nitrogens with zero attached hydrogens (tertiary/aromatic N) is 1. The maximum absolute atomic E-state index is 11.9. The van der Waals surface area contributed by atoms with Gasteiger partial charge in [0.2, 0.25) is 11.7 Å². The van der Waals surface area contributed by atoms with Crippen molar-refractivity contribution in [2.75, 3.05) is 7.11 Å². The molecule has 0 saturated carbocycles. The number of hydrogen-bond donors (Lipinski definition) is 3. The van der Waals surface area contributed by atoms with Gasteiger partial charge in [0.05, 0.1) is 6.42 Å². The SMILES string of the molecule is CO[C@@]1(O)C=C[C@]2(CC(=O)N2OCc2ccccc2)[C@H](O)[C@@H]1O. The van der Waals surface area contributed by atoms with Gasteiger partial charge in [-0.3, -0.25) is 9.63 Å². The van der Waals surface area contributed by atoms with Crippen molar-refractivity contribution in [2.24, 2.45) is 0 Å². The van der Waals surface area contributed by atoms with Crippen LogP contribution in [-0.4, -0.2) is 56.9 Å². The van der Waals surface area contributed by atoms with E-state index in [0.717, 1.165) is 10.6 Å². The normalized spacial score (nSPS) is 36.3. The van der Waals surface area contributed by atoms with E-state index in [1.165, 1.54) is 19.3 Å². The lowest BCUT2D eigenvalue weighted by atomic mass is 9.73. The number of carbonyl (C=O) groups excluding carboxylic acids is 1. The summed E-state index contributed by atoms with van der Waals surface area (Å²) in [6.45, 7) is 0.152. The number of hydroxylamine groups is 2. The van der Waals surface area contributed by atoms with Gasteiger partial charge in [0.1, 0.15) is 24.4 Å². The van der Waals surface area contributed by atoms with Crippen LogP contribution in [0.2, 0.25) is 0 Å². The van der Waals surface area contributed by atoms with E-state index in [9.17, 15) is 20.1 Å². The molecule has 1 aromatic rings. The van der Waals surface area contributed by atoms with E-state index in [0.29, 0.717) is 0 Å². The highest BCUT2D eigenvalue weighted by atomic mass is 16.7. The zero-order chi connectivity index (χ0) is 16.7. The molecule has 7 heteroatoms. The molecule has 7 nitrogen and oxygen atoms in total. The minimum absolute atomic E-state index is 0.0175. The molecule has 0 aromatic heterocycles. The minimum Gasteiger partial charge on any atom is -0.387 e. The van der Waals surface area contributed by atoms with Crippen LogP contribution in [0.3, 0.4) is 0 Å². The number of benzene rings is 1. The number of ether oxygens (including phenoxy) is 1. The van der Waals surface area contributed by atoms with Crippen LogP contribution in [0.25, 0.3) is 0 Å². The molecule has 0 unspecified atom stereocenters. The van der Waals surface area contributed by atoms with Crippen LogP contribution in [0, 0.1) is 0 Å². The lowest BCUT2D eigenvalue weighted by Gasteiger charge is -2.55. The fourth-order valence-electron chi connectivity index (χ4n) is 2.93. The summed E-state index contributed by atoms with van der Waals surface area (Å²) in [5, 5.41) is 31.6. The predicted octanol–water partition coefficient (Wildman–Crippen LogP) is -0.284. The second-order valence-corrected chi connectivity index (χ2v) is 5.79. The summed E-state index contributed by atoms with van der Waals surface area (Å²) in [5.74, 6) is -2.30. The molecule has 3 rings (SSSR count). The summed E-state index contributed by atoms with van der Waals surface area (Å²) in [5.41, 5.74) is -0.332. The van der Waals surface area contributed by atoms with E-state index < -0.39 is 23.5 Å². The van der Waals surface area contributed by atoms with Crippen molar-refractivity contribution in [3.63, 3.8) is 0 Å². The Kier molecular flexibility index (Phi) is 3.99. The maximum Gasteiger partial charge on any atom is 0.249 e. The average Bonchev–Trinajstić information content (AvgIpc) is 2.56. The second-order valence-electron chi connectivity index (χ2n) is 5.79. The Bertz CT molecular complexity index is 620. The lowest BCUT2D eigenvalue weighted by Crippen LogP contribution is -2.74. The number of β-lactam (4-membered cyclic amide) rings is 1. The molecule has 1 aliphatic heterocycles. The summed E-state index contributed by atoms with van der Waals surface area (Å²) in [4.78, 5) is 17.4. The molecule has 4 atom stereocenters. The lowest BCUT2D eigenvalue weighted by molar-refractivity contribution is -0.304. The van der Waals surface area contributed by atoms with Crippen LogP contribution >= 0.6 is 0 Å². The van der Waals surface area contributed by atoms with Crippen molar-refractivity contribution in [1.82, 2.24) is 5.06 Å². The Hall–Kier alpha value is -1.77. The molecular formula is C16H19NO6. The summed E-state index contributed by atoms with van der Waals surface area (Å²) in [6, 6.07) is 9.27. The van der Waals surface area contributed by atoms with Crippen LogP contribution in [0.5, 0.6) is 0 Å². The molecule has 0 radical (unpaired) electrons. The predicted molar refractivity (Wildman–Crippen MR) is 78.5 cm³/mol. The van der Waals surface area contributed by atoms with E-state index in [4.69, 9.17) is 9.57 Å². The number of hydrogen-bond acceptors (Lipinski definition) is 6. The molecule has 23 heavy (non-hydrogen) atoms. The van der Waals surface area contributed by atoms with Crippen molar-refractivity contribution in [3.8, 4) is 0 Å². The van der Waals surface area contributed by atoms with Crippen LogP contribution < -0.4 is 0 Å². The van der Waals surface area contributed by atoms with Crippen LogP contribution in [0.15, 0.2) is 42.5 Å². The van der Waals surface area contributed by atoms with E-state index >= 15 is 0 Å². The first-order valence-electron chi connectivity index (χ1n) is 7.27. The molecule has 3 N–H and O–H groups in total. The topological polar surface area (TPSA) is 99.5 Å². The van der Waals surface area contributed by atoms with Crippen molar-refractivity contribution in [1.29, 1.82) is 0 Å². The number of amides is 1. The largest absolute Gasteiger partial charge is 0.387 e. The number of aliphatic hydroxyl groups excluding tert-OH is 2. The number of methoxy groups -OCH3 is 1. The Morgan fingerprint density at radius 3 is 2.52 bits per heavy atom. The van der Waals surface area contributed by atoms with Gasteiger partial charge >= 0.3 is 0 Å². The van der Waals surface area contributed by atoms with Crippen molar-refractivity contribution < 1.29 is 29.7 Å². The van der Waals surface area contributed by atoms with Gasteiger partial charge in [0.25, 0.3) is 0 Å². The number of carbonyl (C=O) groups is 1. The summed E-state index contributed by atoms with van der Waals surface area (Å²) in [6.07, 6.45) is -0.383. The van der Waals surface area contributed by atoms with Gasteiger partial charge in [0.15, 0.2) is 0 Å². The van der Waals surface area contributed by atoms with E-state index in [-0.39, 0.29) is 18.9 Å². The molecule has 1 aromatic carbocycles. The highest BCUT2D eigenvalue weighted by molar-refractivity contribution is 5.85. The Morgan fingerprint density at radius 1 is 1.22 bits per heavy atom. The van der Waals surface area contributed by atoms with Crippen molar-refractivity contribution >= 4 is 5.91 Å². The molecule has 1 saturated heterocycles. The van der Waals surface area contributed by atoms with Gasteiger partial charge in [-0.05, 0) is 11.6 Å². The quantitative estimate of drug-likeness (QED) is 0.401. The molecule has 124 valence electrons. The average molecular weight is 321 g/mol. The first kappa shape index (κ1) is 16.1. The first-order chi connectivity index (χ1) is 10.9. The zero-order valence-corrected chi connectivity index (χ0v) is 12.6. The van der Waals surface area contributed by atoms with Gasteiger partial charge < -0.3 is 20.1 Å². The zero-order valence-electron chi connectivity index (χ0n) is 12.6. The molecule has 1 amide bonds. The highest BCUT2D eigenvalue weighted by Crippen LogP contribution is 2.43. The smallest absolute Gasteiger partial charge is 0.249 e. The first-order valence-corrected chi connectivity index (χ1v) is 7.27. The molecular weight excluding hydrogens is 302 g/mol. The number of rotatable bonds is 4. The Balaban J connectivity index is 1.79. The third kappa shape index (κ3) is 2.46. The van der Waals surface area contributed by atoms with Gasteiger partial charge in [-0.2, -0.15) is 0 Å². The maximum atomic E-state index is 11.9. The molecule has 1 heterocycles. The molecule has 1 aliphatic carbocycles. The fourth-order valence-corrected chi connectivity index (χ4v) is 2.93. The third-order valence-electron chi connectivity index (χ3n) is 4.41. The molecule has 1 spiro atoms. The molecule has 1 fully saturated rings.